The Morgan fingerprint density at radius 2 is 2.05 bits per heavy atom. The number of rotatable bonds is 8. The van der Waals surface area contributed by atoms with Gasteiger partial charge in [-0.15, -0.1) is 0 Å². The van der Waals surface area contributed by atoms with Crippen LogP contribution in [0.4, 0.5) is 0 Å². The molecule has 1 fully saturated rings. The highest BCUT2D eigenvalue weighted by atomic mass is 16.5. The van der Waals surface area contributed by atoms with Crippen molar-refractivity contribution in [1.29, 1.82) is 0 Å². The van der Waals surface area contributed by atoms with Gasteiger partial charge in [-0.05, 0) is 32.6 Å². The standard InChI is InChI=1S/C17H26N2O3/c1-18(2)10-12-21-16-8-9-19(14-16)11-13-22-17(20)15-6-4-3-5-7-15/h3-7,16H,8-14H2,1-2H3. The third-order valence-electron chi connectivity index (χ3n) is 3.77. The molecule has 1 heterocycles. The fourth-order valence-electron chi connectivity index (χ4n) is 2.46. The molecule has 22 heavy (non-hydrogen) atoms. The van der Waals surface area contributed by atoms with E-state index in [-0.39, 0.29) is 5.97 Å². The molecular formula is C17H26N2O3. The smallest absolute Gasteiger partial charge is 0.338 e. The van der Waals surface area contributed by atoms with Crippen LogP contribution in [0.25, 0.3) is 0 Å². The Labute approximate surface area is 132 Å². The normalized spacial score (nSPS) is 18.8. The molecule has 0 aromatic heterocycles. The summed E-state index contributed by atoms with van der Waals surface area (Å²) in [6.07, 6.45) is 1.37. The largest absolute Gasteiger partial charge is 0.461 e. The van der Waals surface area contributed by atoms with E-state index in [2.05, 4.69) is 9.80 Å². The molecule has 1 aliphatic heterocycles. The number of likely N-dealkylation sites (N-methyl/N-ethyl adjacent to an activating group) is 1. The lowest BCUT2D eigenvalue weighted by Crippen LogP contribution is -2.29. The quantitative estimate of drug-likeness (QED) is 0.681. The first-order chi connectivity index (χ1) is 10.6. The molecule has 1 unspecified atom stereocenters. The molecule has 0 radical (unpaired) electrons. The van der Waals surface area contributed by atoms with Crippen molar-refractivity contribution < 1.29 is 14.3 Å². The van der Waals surface area contributed by atoms with Gasteiger partial charge in [0, 0.05) is 26.2 Å². The lowest BCUT2D eigenvalue weighted by molar-refractivity contribution is 0.0405. The Bertz CT molecular complexity index is 450. The topological polar surface area (TPSA) is 42.0 Å². The number of esters is 1. The summed E-state index contributed by atoms with van der Waals surface area (Å²) in [5.41, 5.74) is 0.605. The fourth-order valence-corrected chi connectivity index (χ4v) is 2.46. The van der Waals surface area contributed by atoms with Gasteiger partial charge in [0.15, 0.2) is 0 Å². The van der Waals surface area contributed by atoms with Gasteiger partial charge in [-0.1, -0.05) is 18.2 Å². The van der Waals surface area contributed by atoms with Crippen molar-refractivity contribution in [1.82, 2.24) is 9.80 Å². The first-order valence-electron chi connectivity index (χ1n) is 7.86. The molecule has 122 valence electrons. The maximum atomic E-state index is 11.8. The van der Waals surface area contributed by atoms with Crippen LogP contribution in [0.2, 0.25) is 0 Å². The van der Waals surface area contributed by atoms with Crippen LogP contribution in [0.15, 0.2) is 30.3 Å². The number of hydrogen-bond acceptors (Lipinski definition) is 5. The average Bonchev–Trinajstić information content (AvgIpc) is 2.95. The second kappa shape index (κ2) is 8.88. The number of carbonyl (C=O) groups excluding carboxylic acids is 1. The molecule has 5 nitrogen and oxygen atoms in total. The predicted octanol–water partition coefficient (Wildman–Crippen LogP) is 1.50. The van der Waals surface area contributed by atoms with E-state index in [0.717, 1.165) is 39.2 Å². The summed E-state index contributed by atoms with van der Waals surface area (Å²) in [5, 5.41) is 0. The second-order valence-electron chi connectivity index (χ2n) is 5.89. The van der Waals surface area contributed by atoms with Gasteiger partial charge >= 0.3 is 5.97 Å². The minimum atomic E-state index is -0.251. The Morgan fingerprint density at radius 1 is 1.27 bits per heavy atom. The lowest BCUT2D eigenvalue weighted by atomic mass is 10.2. The van der Waals surface area contributed by atoms with Gasteiger partial charge in [-0.3, -0.25) is 4.90 Å². The van der Waals surface area contributed by atoms with Crippen molar-refractivity contribution in [3.8, 4) is 0 Å². The summed E-state index contributed by atoms with van der Waals surface area (Å²) in [7, 11) is 4.09. The molecule has 0 N–H and O–H groups in total. The maximum Gasteiger partial charge on any atom is 0.338 e. The Morgan fingerprint density at radius 3 is 2.77 bits per heavy atom. The zero-order chi connectivity index (χ0) is 15.8. The van der Waals surface area contributed by atoms with Gasteiger partial charge < -0.3 is 14.4 Å². The van der Waals surface area contributed by atoms with Crippen molar-refractivity contribution in [2.75, 3.05) is 53.5 Å². The van der Waals surface area contributed by atoms with Gasteiger partial charge in [0.25, 0.3) is 0 Å². The minimum Gasteiger partial charge on any atom is -0.461 e. The van der Waals surface area contributed by atoms with Gasteiger partial charge in [0.05, 0.1) is 18.3 Å². The Hall–Kier alpha value is -1.43. The van der Waals surface area contributed by atoms with Crippen molar-refractivity contribution >= 4 is 5.97 Å². The third-order valence-corrected chi connectivity index (χ3v) is 3.77. The van der Waals surface area contributed by atoms with Crippen molar-refractivity contribution in [2.45, 2.75) is 12.5 Å². The Kier molecular flexibility index (Phi) is 6.83. The first-order valence-corrected chi connectivity index (χ1v) is 7.86. The van der Waals surface area contributed by atoms with Gasteiger partial charge in [0.2, 0.25) is 0 Å². The molecular weight excluding hydrogens is 280 g/mol. The molecule has 0 aliphatic carbocycles. The summed E-state index contributed by atoms with van der Waals surface area (Å²) in [6, 6.07) is 9.11. The zero-order valence-electron chi connectivity index (χ0n) is 13.5. The van der Waals surface area contributed by atoms with E-state index in [0.29, 0.717) is 18.3 Å². The highest BCUT2D eigenvalue weighted by Crippen LogP contribution is 2.12. The number of ether oxygens (including phenoxy) is 2. The molecule has 5 heteroatoms. The predicted molar refractivity (Wildman–Crippen MR) is 86.1 cm³/mol. The minimum absolute atomic E-state index is 0.251. The van der Waals surface area contributed by atoms with Crippen LogP contribution in [-0.4, -0.2) is 75.4 Å². The number of carbonyl (C=O) groups is 1. The fraction of sp³-hybridized carbons (Fsp3) is 0.588. The molecule has 0 bridgehead atoms. The van der Waals surface area contributed by atoms with E-state index in [1.165, 1.54) is 0 Å². The van der Waals surface area contributed by atoms with Crippen LogP contribution < -0.4 is 0 Å². The van der Waals surface area contributed by atoms with Gasteiger partial charge in [-0.25, -0.2) is 4.79 Å². The van der Waals surface area contributed by atoms with E-state index >= 15 is 0 Å². The third kappa shape index (κ3) is 5.75. The monoisotopic (exact) mass is 306 g/mol. The zero-order valence-corrected chi connectivity index (χ0v) is 13.5. The molecule has 1 aromatic rings. The molecule has 0 spiro atoms. The molecule has 1 saturated heterocycles. The second-order valence-corrected chi connectivity index (χ2v) is 5.89. The maximum absolute atomic E-state index is 11.8. The van der Waals surface area contributed by atoms with Crippen molar-refractivity contribution in [3.05, 3.63) is 35.9 Å². The Balaban J connectivity index is 1.59. The molecule has 1 aliphatic rings. The van der Waals surface area contributed by atoms with Crippen LogP contribution >= 0.6 is 0 Å². The van der Waals surface area contributed by atoms with Gasteiger partial charge in [-0.2, -0.15) is 0 Å². The van der Waals surface area contributed by atoms with Crippen LogP contribution in [-0.2, 0) is 9.47 Å². The van der Waals surface area contributed by atoms with E-state index in [1.807, 2.05) is 32.3 Å². The summed E-state index contributed by atoms with van der Waals surface area (Å²) >= 11 is 0. The molecule has 1 atom stereocenters. The van der Waals surface area contributed by atoms with E-state index < -0.39 is 0 Å². The number of hydrogen-bond donors (Lipinski definition) is 0. The van der Waals surface area contributed by atoms with E-state index in [4.69, 9.17) is 9.47 Å². The summed E-state index contributed by atoms with van der Waals surface area (Å²) < 4.78 is 11.2. The summed E-state index contributed by atoms with van der Waals surface area (Å²) in [6.45, 7) is 4.86. The SMILES string of the molecule is CN(C)CCOC1CCN(CCOC(=O)c2ccccc2)C1. The molecule has 0 amide bonds. The van der Waals surface area contributed by atoms with Gasteiger partial charge in [0.1, 0.15) is 6.61 Å². The number of nitrogens with zero attached hydrogens (tertiary/aromatic N) is 2. The van der Waals surface area contributed by atoms with Crippen LogP contribution in [0.3, 0.4) is 0 Å². The summed E-state index contributed by atoms with van der Waals surface area (Å²) in [5.74, 6) is -0.251. The van der Waals surface area contributed by atoms with Crippen LogP contribution in [0.5, 0.6) is 0 Å². The highest BCUT2D eigenvalue weighted by molar-refractivity contribution is 5.89. The van der Waals surface area contributed by atoms with Crippen LogP contribution in [0, 0.1) is 0 Å². The average molecular weight is 306 g/mol. The van der Waals surface area contributed by atoms with Crippen molar-refractivity contribution in [2.24, 2.45) is 0 Å². The highest BCUT2D eigenvalue weighted by Gasteiger charge is 2.22. The first kappa shape index (κ1) is 16.9. The van der Waals surface area contributed by atoms with Crippen LogP contribution in [0.1, 0.15) is 16.8 Å². The summed E-state index contributed by atoms with van der Waals surface area (Å²) in [4.78, 5) is 16.2. The molecule has 2 rings (SSSR count). The van der Waals surface area contributed by atoms with E-state index in [1.54, 1.807) is 12.1 Å². The lowest BCUT2D eigenvalue weighted by Gasteiger charge is -2.17. The molecule has 0 saturated carbocycles. The number of benzene rings is 1. The number of likely N-dealkylation sites (tertiary alicyclic amines) is 1. The molecule has 1 aromatic carbocycles. The van der Waals surface area contributed by atoms with E-state index in [9.17, 15) is 4.79 Å². The van der Waals surface area contributed by atoms with Crippen molar-refractivity contribution in [3.63, 3.8) is 0 Å².